The van der Waals surface area contributed by atoms with Crippen LogP contribution in [0.15, 0.2) is 57.7 Å². The van der Waals surface area contributed by atoms with Crippen molar-refractivity contribution in [1.82, 2.24) is 0 Å². The molecule has 0 aliphatic carbocycles. The van der Waals surface area contributed by atoms with Gasteiger partial charge < -0.3 is 4.74 Å². The van der Waals surface area contributed by atoms with Crippen LogP contribution < -0.4 is 9.46 Å². The fourth-order valence-electron chi connectivity index (χ4n) is 2.19. The van der Waals surface area contributed by atoms with Crippen LogP contribution in [-0.2, 0) is 19.9 Å². The van der Waals surface area contributed by atoms with Crippen molar-refractivity contribution >= 4 is 31.6 Å². The van der Waals surface area contributed by atoms with E-state index < -0.39 is 19.9 Å². The number of hydrogen-bond donors (Lipinski definition) is 1. The third kappa shape index (κ3) is 2.95. The van der Waals surface area contributed by atoms with Gasteiger partial charge in [0.2, 0.25) is 9.84 Å². The molecule has 23 heavy (non-hydrogen) atoms. The number of anilines is 1. The Bertz CT molecular complexity index is 991. The molecule has 0 bridgehead atoms. The summed E-state index contributed by atoms with van der Waals surface area (Å²) in [4.78, 5) is 0.146. The fraction of sp³-hybridized carbons (Fsp3) is 0.0667. The van der Waals surface area contributed by atoms with Gasteiger partial charge >= 0.3 is 0 Å². The lowest BCUT2D eigenvalue weighted by Gasteiger charge is -2.10. The predicted octanol–water partition coefficient (Wildman–Crippen LogP) is 2.25. The Balaban J connectivity index is 1.92. The molecule has 1 aliphatic heterocycles. The number of benzene rings is 2. The van der Waals surface area contributed by atoms with Crippen molar-refractivity contribution in [2.24, 2.45) is 0 Å². The molecule has 0 saturated heterocycles. The molecule has 1 N–H and O–H groups in total. The summed E-state index contributed by atoms with van der Waals surface area (Å²) in [6.07, 6.45) is 1.48. The molecule has 0 unspecified atom stereocenters. The van der Waals surface area contributed by atoms with Crippen molar-refractivity contribution in [2.45, 2.75) is 9.79 Å². The molecule has 120 valence electrons. The van der Waals surface area contributed by atoms with E-state index in [0.29, 0.717) is 11.3 Å². The number of methoxy groups -OCH3 is 1. The maximum absolute atomic E-state index is 12.3. The molecule has 3 rings (SSSR count). The maximum Gasteiger partial charge on any atom is 0.261 e. The lowest BCUT2D eigenvalue weighted by molar-refractivity contribution is 0.414. The van der Waals surface area contributed by atoms with Gasteiger partial charge in [0.15, 0.2) is 0 Å². The monoisotopic (exact) mass is 351 g/mol. The zero-order valence-electron chi connectivity index (χ0n) is 12.1. The minimum absolute atomic E-state index is 0.0554. The van der Waals surface area contributed by atoms with Crippen LogP contribution in [0.2, 0.25) is 0 Å². The van der Waals surface area contributed by atoms with E-state index in [9.17, 15) is 16.8 Å². The molecule has 0 aromatic heterocycles. The Morgan fingerprint density at radius 2 is 1.74 bits per heavy atom. The van der Waals surface area contributed by atoms with Crippen molar-refractivity contribution in [3.63, 3.8) is 0 Å². The lowest BCUT2D eigenvalue weighted by Crippen LogP contribution is -2.13. The Morgan fingerprint density at radius 1 is 1.04 bits per heavy atom. The highest BCUT2D eigenvalue weighted by Crippen LogP contribution is 2.30. The topological polar surface area (TPSA) is 89.5 Å². The van der Waals surface area contributed by atoms with Gasteiger partial charge in [-0.15, -0.1) is 0 Å². The smallest absolute Gasteiger partial charge is 0.261 e. The second kappa shape index (κ2) is 5.39. The van der Waals surface area contributed by atoms with Crippen molar-refractivity contribution in [3.05, 3.63) is 53.4 Å². The van der Waals surface area contributed by atoms with E-state index in [0.717, 1.165) is 5.41 Å². The van der Waals surface area contributed by atoms with Crippen LogP contribution in [0.4, 0.5) is 5.69 Å². The van der Waals surface area contributed by atoms with Crippen LogP contribution in [0, 0.1) is 0 Å². The number of sulfonamides is 1. The Labute approximate surface area is 134 Å². The molecular formula is C15H13NO5S2. The second-order valence-corrected chi connectivity index (χ2v) is 8.37. The standard InChI is InChI=1S/C15H13NO5S2/c1-21-13-4-6-14(7-5-13)23(19,20)16-12-3-2-11-8-9-22(17,18)15(11)10-12/h2-10,16H,1H3. The largest absolute Gasteiger partial charge is 0.497 e. The molecule has 0 atom stereocenters. The van der Waals surface area contributed by atoms with Gasteiger partial charge in [-0.1, -0.05) is 6.07 Å². The molecule has 0 saturated carbocycles. The van der Waals surface area contributed by atoms with E-state index in [4.69, 9.17) is 4.74 Å². The van der Waals surface area contributed by atoms with Gasteiger partial charge in [0.05, 0.1) is 22.6 Å². The van der Waals surface area contributed by atoms with Crippen LogP contribution in [0.25, 0.3) is 6.08 Å². The van der Waals surface area contributed by atoms with Crippen LogP contribution in [0.1, 0.15) is 5.56 Å². The third-order valence-corrected chi connectivity index (χ3v) is 6.23. The highest BCUT2D eigenvalue weighted by molar-refractivity contribution is 7.95. The molecule has 2 aromatic rings. The first-order valence-electron chi connectivity index (χ1n) is 6.56. The number of rotatable bonds is 4. The van der Waals surface area contributed by atoms with Crippen molar-refractivity contribution in [1.29, 1.82) is 0 Å². The summed E-state index contributed by atoms with van der Waals surface area (Å²) in [5, 5.41) is 1.10. The van der Waals surface area contributed by atoms with Crippen molar-refractivity contribution in [3.8, 4) is 5.75 Å². The highest BCUT2D eigenvalue weighted by Gasteiger charge is 2.22. The Morgan fingerprint density at radius 3 is 2.39 bits per heavy atom. The first kappa shape index (κ1) is 15.6. The van der Waals surface area contributed by atoms with Crippen LogP contribution >= 0.6 is 0 Å². The summed E-state index contributed by atoms with van der Waals surface area (Å²) in [7, 11) is -5.82. The summed E-state index contributed by atoms with van der Waals surface area (Å²) in [5.74, 6) is 0.540. The molecule has 0 fully saturated rings. The van der Waals surface area contributed by atoms with Gasteiger partial charge in [-0.05, 0) is 48.0 Å². The SMILES string of the molecule is COc1ccc(S(=O)(=O)Nc2ccc3c(c2)S(=O)(=O)C=C3)cc1. The van der Waals surface area contributed by atoms with Crippen molar-refractivity contribution in [2.75, 3.05) is 11.8 Å². The van der Waals surface area contributed by atoms with E-state index in [1.807, 2.05) is 0 Å². The molecule has 0 spiro atoms. The van der Waals surface area contributed by atoms with Gasteiger partial charge in [-0.25, -0.2) is 16.8 Å². The molecule has 2 aromatic carbocycles. The first-order valence-corrected chi connectivity index (χ1v) is 9.59. The van der Waals surface area contributed by atoms with E-state index in [-0.39, 0.29) is 15.5 Å². The molecule has 6 nitrogen and oxygen atoms in total. The number of ether oxygens (including phenoxy) is 1. The van der Waals surface area contributed by atoms with Gasteiger partial charge in [-0.2, -0.15) is 0 Å². The molecule has 0 radical (unpaired) electrons. The summed E-state index contributed by atoms with van der Waals surface area (Å²) < 4.78 is 55.7. The summed E-state index contributed by atoms with van der Waals surface area (Å²) in [5.41, 5.74) is 0.726. The first-order chi connectivity index (χ1) is 10.8. The quantitative estimate of drug-likeness (QED) is 0.912. The molecule has 1 heterocycles. The minimum atomic E-state index is -3.81. The van der Waals surface area contributed by atoms with E-state index >= 15 is 0 Å². The number of sulfone groups is 1. The highest BCUT2D eigenvalue weighted by atomic mass is 32.2. The molecule has 8 heteroatoms. The second-order valence-electron chi connectivity index (χ2n) is 4.88. The zero-order chi connectivity index (χ0) is 16.7. The normalized spacial score (nSPS) is 15.2. The Hall–Kier alpha value is -2.32. The van der Waals surface area contributed by atoms with Crippen LogP contribution in [-0.4, -0.2) is 23.9 Å². The van der Waals surface area contributed by atoms with Gasteiger partial charge in [0.25, 0.3) is 10.0 Å². The average Bonchev–Trinajstić information content (AvgIpc) is 2.82. The van der Waals surface area contributed by atoms with E-state index in [2.05, 4.69) is 4.72 Å². The fourth-order valence-corrected chi connectivity index (χ4v) is 4.46. The zero-order valence-corrected chi connectivity index (χ0v) is 13.7. The van der Waals surface area contributed by atoms with Crippen molar-refractivity contribution < 1.29 is 21.6 Å². The Kier molecular flexibility index (Phi) is 3.65. The molecule has 0 amide bonds. The lowest BCUT2D eigenvalue weighted by atomic mass is 10.2. The third-order valence-electron chi connectivity index (χ3n) is 3.37. The van der Waals surface area contributed by atoms with E-state index in [1.54, 1.807) is 6.07 Å². The van der Waals surface area contributed by atoms with Crippen LogP contribution in [0.3, 0.4) is 0 Å². The summed E-state index contributed by atoms with van der Waals surface area (Å²) in [6.45, 7) is 0. The average molecular weight is 351 g/mol. The van der Waals surface area contributed by atoms with Gasteiger partial charge in [0, 0.05) is 5.41 Å². The minimum Gasteiger partial charge on any atom is -0.497 e. The van der Waals surface area contributed by atoms with E-state index in [1.165, 1.54) is 49.6 Å². The number of hydrogen-bond acceptors (Lipinski definition) is 5. The summed E-state index contributed by atoms with van der Waals surface area (Å²) in [6, 6.07) is 10.3. The molecular weight excluding hydrogens is 338 g/mol. The summed E-state index contributed by atoms with van der Waals surface area (Å²) >= 11 is 0. The number of fused-ring (bicyclic) bond motifs is 1. The van der Waals surface area contributed by atoms with Gasteiger partial charge in [-0.3, -0.25) is 4.72 Å². The molecule has 1 aliphatic rings. The number of nitrogens with one attached hydrogen (secondary N) is 1. The maximum atomic E-state index is 12.3. The van der Waals surface area contributed by atoms with Gasteiger partial charge in [0.1, 0.15) is 5.75 Å². The van der Waals surface area contributed by atoms with Crippen LogP contribution in [0.5, 0.6) is 5.75 Å². The predicted molar refractivity (Wildman–Crippen MR) is 86.5 cm³/mol.